The van der Waals surface area contributed by atoms with Crippen molar-refractivity contribution in [3.8, 4) is 0 Å². The minimum absolute atomic E-state index is 0.159. The van der Waals surface area contributed by atoms with Gasteiger partial charge < -0.3 is 4.74 Å². The van der Waals surface area contributed by atoms with E-state index in [2.05, 4.69) is 0 Å². The van der Waals surface area contributed by atoms with Crippen molar-refractivity contribution in [2.24, 2.45) is 0 Å². The van der Waals surface area contributed by atoms with Crippen LogP contribution in [0.15, 0.2) is 53.4 Å². The van der Waals surface area contributed by atoms with Crippen molar-refractivity contribution in [3.05, 3.63) is 65.2 Å². The topological polar surface area (TPSA) is 63.7 Å². The third kappa shape index (κ3) is 2.95. The van der Waals surface area contributed by atoms with E-state index in [4.69, 9.17) is 4.74 Å². The molecule has 0 fully saturated rings. The maximum Gasteiger partial charge on any atom is 0.324 e. The molecule has 0 saturated heterocycles. The number of hydrogen-bond acceptors (Lipinski definition) is 4. The van der Waals surface area contributed by atoms with Crippen molar-refractivity contribution < 1.29 is 17.9 Å². The minimum atomic E-state index is -3.79. The molecule has 5 nitrogen and oxygen atoms in total. The van der Waals surface area contributed by atoms with Gasteiger partial charge in [0.15, 0.2) is 0 Å². The van der Waals surface area contributed by atoms with Crippen LogP contribution in [0, 0.1) is 6.92 Å². The van der Waals surface area contributed by atoms with Gasteiger partial charge in [-0.1, -0.05) is 42.0 Å². The minimum Gasteiger partial charge on any atom is -0.468 e. The quantitative estimate of drug-likeness (QED) is 0.801. The van der Waals surface area contributed by atoms with Gasteiger partial charge in [-0.3, -0.25) is 4.79 Å². The molecule has 1 atom stereocenters. The highest BCUT2D eigenvalue weighted by atomic mass is 32.2. The lowest BCUT2D eigenvalue weighted by Crippen LogP contribution is -2.48. The van der Waals surface area contributed by atoms with Crippen molar-refractivity contribution >= 4 is 16.0 Å². The number of carbonyl (C=O) groups excluding carboxylic acids is 1. The van der Waals surface area contributed by atoms with Gasteiger partial charge in [0, 0.05) is 13.0 Å². The average molecular weight is 345 g/mol. The van der Waals surface area contributed by atoms with Gasteiger partial charge in [-0.2, -0.15) is 4.31 Å². The van der Waals surface area contributed by atoms with E-state index in [1.807, 2.05) is 31.2 Å². The summed E-state index contributed by atoms with van der Waals surface area (Å²) in [5.74, 6) is -0.541. The number of aryl methyl sites for hydroxylation is 1. The fourth-order valence-electron chi connectivity index (χ4n) is 2.93. The number of rotatable bonds is 3. The Morgan fingerprint density at radius 1 is 1.08 bits per heavy atom. The summed E-state index contributed by atoms with van der Waals surface area (Å²) in [5.41, 5.74) is 2.86. The average Bonchev–Trinajstić information content (AvgIpc) is 2.60. The fraction of sp³-hybridized carbons (Fsp3) is 0.278. The van der Waals surface area contributed by atoms with E-state index in [9.17, 15) is 13.2 Å². The highest BCUT2D eigenvalue weighted by molar-refractivity contribution is 7.89. The molecule has 1 aliphatic heterocycles. The van der Waals surface area contributed by atoms with Crippen LogP contribution in [-0.2, 0) is 32.5 Å². The molecule has 2 aromatic rings. The number of carbonyl (C=O) groups is 1. The zero-order chi connectivity index (χ0) is 17.3. The molecule has 0 amide bonds. The second-order valence-electron chi connectivity index (χ2n) is 5.88. The van der Waals surface area contributed by atoms with E-state index >= 15 is 0 Å². The highest BCUT2D eigenvalue weighted by Crippen LogP contribution is 2.29. The van der Waals surface area contributed by atoms with Crippen LogP contribution in [-0.4, -0.2) is 31.8 Å². The maximum absolute atomic E-state index is 13.1. The van der Waals surface area contributed by atoms with Crippen LogP contribution >= 0.6 is 0 Å². The lowest BCUT2D eigenvalue weighted by atomic mass is 9.96. The molecule has 0 aliphatic carbocycles. The molecule has 0 saturated carbocycles. The molecule has 2 aromatic carbocycles. The molecule has 1 aliphatic rings. The van der Waals surface area contributed by atoms with Gasteiger partial charge >= 0.3 is 5.97 Å². The Morgan fingerprint density at radius 3 is 2.33 bits per heavy atom. The van der Waals surface area contributed by atoms with Gasteiger partial charge in [0.2, 0.25) is 10.0 Å². The third-order valence-electron chi connectivity index (χ3n) is 4.31. The van der Waals surface area contributed by atoms with Crippen LogP contribution in [0.5, 0.6) is 0 Å². The summed E-state index contributed by atoms with van der Waals surface area (Å²) in [7, 11) is -2.52. The summed E-state index contributed by atoms with van der Waals surface area (Å²) in [4.78, 5) is 12.4. The summed E-state index contributed by atoms with van der Waals surface area (Å²) >= 11 is 0. The third-order valence-corrected chi connectivity index (χ3v) is 6.18. The number of ether oxygens (including phenoxy) is 1. The molecule has 0 bridgehead atoms. The first-order chi connectivity index (χ1) is 11.4. The molecule has 0 N–H and O–H groups in total. The number of methoxy groups -OCH3 is 1. The molecule has 0 radical (unpaired) electrons. The molecule has 0 aromatic heterocycles. The molecular weight excluding hydrogens is 326 g/mol. The number of sulfonamides is 1. The summed E-state index contributed by atoms with van der Waals surface area (Å²) in [5, 5.41) is 0. The maximum atomic E-state index is 13.1. The molecule has 24 heavy (non-hydrogen) atoms. The van der Waals surface area contributed by atoms with Crippen LogP contribution in [0.25, 0.3) is 0 Å². The molecule has 0 unspecified atom stereocenters. The van der Waals surface area contributed by atoms with E-state index in [-0.39, 0.29) is 11.4 Å². The Hall–Kier alpha value is -2.18. The number of fused-ring (bicyclic) bond motifs is 1. The van der Waals surface area contributed by atoms with Crippen molar-refractivity contribution in [3.63, 3.8) is 0 Å². The smallest absolute Gasteiger partial charge is 0.324 e. The Kier molecular flexibility index (Phi) is 4.43. The van der Waals surface area contributed by atoms with E-state index < -0.39 is 22.0 Å². The zero-order valence-corrected chi connectivity index (χ0v) is 14.4. The number of benzene rings is 2. The zero-order valence-electron chi connectivity index (χ0n) is 13.6. The Bertz CT molecular complexity index is 859. The van der Waals surface area contributed by atoms with Crippen LogP contribution < -0.4 is 0 Å². The van der Waals surface area contributed by atoms with Gasteiger partial charge in [-0.25, -0.2) is 8.42 Å². The second kappa shape index (κ2) is 6.37. The van der Waals surface area contributed by atoms with Gasteiger partial charge in [0.25, 0.3) is 0 Å². The first-order valence-electron chi connectivity index (χ1n) is 7.66. The van der Waals surface area contributed by atoms with E-state index in [0.29, 0.717) is 6.42 Å². The van der Waals surface area contributed by atoms with E-state index in [0.717, 1.165) is 16.7 Å². The number of nitrogens with zero attached hydrogens (tertiary/aromatic N) is 1. The largest absolute Gasteiger partial charge is 0.468 e. The van der Waals surface area contributed by atoms with Gasteiger partial charge in [-0.15, -0.1) is 0 Å². The lowest BCUT2D eigenvalue weighted by Gasteiger charge is -2.34. The lowest BCUT2D eigenvalue weighted by molar-refractivity contribution is -0.145. The molecule has 126 valence electrons. The van der Waals surface area contributed by atoms with Crippen LogP contribution in [0.2, 0.25) is 0 Å². The summed E-state index contributed by atoms with van der Waals surface area (Å²) in [6.07, 6.45) is 0.313. The number of hydrogen-bond donors (Lipinski definition) is 0. The normalized spacial score (nSPS) is 18.0. The van der Waals surface area contributed by atoms with E-state index in [1.54, 1.807) is 24.3 Å². The monoisotopic (exact) mass is 345 g/mol. The highest BCUT2D eigenvalue weighted by Gasteiger charge is 2.40. The van der Waals surface area contributed by atoms with Gasteiger partial charge in [0.1, 0.15) is 6.04 Å². The van der Waals surface area contributed by atoms with Crippen molar-refractivity contribution in [1.29, 1.82) is 0 Å². The fourth-order valence-corrected chi connectivity index (χ4v) is 4.49. The summed E-state index contributed by atoms with van der Waals surface area (Å²) < 4.78 is 32.2. The van der Waals surface area contributed by atoms with Crippen LogP contribution in [0.3, 0.4) is 0 Å². The molecular formula is C18H19NO4S. The van der Waals surface area contributed by atoms with E-state index in [1.165, 1.54) is 11.4 Å². The summed E-state index contributed by atoms with van der Waals surface area (Å²) in [6, 6.07) is 13.3. The SMILES string of the molecule is COC(=O)[C@H]1Cc2ccccc2CN1S(=O)(=O)c1ccc(C)cc1. The molecule has 0 spiro atoms. The van der Waals surface area contributed by atoms with Gasteiger partial charge in [0.05, 0.1) is 12.0 Å². The van der Waals surface area contributed by atoms with Crippen molar-refractivity contribution in [2.45, 2.75) is 30.8 Å². The first-order valence-corrected chi connectivity index (χ1v) is 9.10. The van der Waals surface area contributed by atoms with Crippen LogP contribution in [0.4, 0.5) is 0 Å². The predicted molar refractivity (Wildman–Crippen MR) is 89.9 cm³/mol. The Labute approximate surface area is 141 Å². The number of esters is 1. The molecule has 6 heteroatoms. The Morgan fingerprint density at radius 2 is 1.71 bits per heavy atom. The Balaban J connectivity index is 2.05. The molecule has 1 heterocycles. The predicted octanol–water partition coefficient (Wildman–Crippen LogP) is 2.28. The first kappa shape index (κ1) is 16.7. The van der Waals surface area contributed by atoms with Gasteiger partial charge in [-0.05, 0) is 30.2 Å². The molecule has 3 rings (SSSR count). The second-order valence-corrected chi connectivity index (χ2v) is 7.77. The summed E-state index contributed by atoms with van der Waals surface area (Å²) in [6.45, 7) is 2.05. The van der Waals surface area contributed by atoms with Crippen molar-refractivity contribution in [1.82, 2.24) is 4.31 Å². The van der Waals surface area contributed by atoms with Crippen molar-refractivity contribution in [2.75, 3.05) is 7.11 Å². The van der Waals surface area contributed by atoms with Crippen LogP contribution in [0.1, 0.15) is 16.7 Å². The standard InChI is InChI=1S/C18H19NO4S/c1-13-7-9-16(10-8-13)24(21,22)19-12-15-6-4-3-5-14(15)11-17(19)18(20)23-2/h3-10,17H,11-12H2,1-2H3/t17-/m1/s1.